The lowest BCUT2D eigenvalue weighted by Crippen LogP contribution is -2.44. The summed E-state index contributed by atoms with van der Waals surface area (Å²) in [5.41, 5.74) is 3.01. The first-order valence-electron chi connectivity index (χ1n) is 9.89. The van der Waals surface area contributed by atoms with Gasteiger partial charge < -0.3 is 14.8 Å². The number of rotatable bonds is 2. The van der Waals surface area contributed by atoms with E-state index in [4.69, 9.17) is 0 Å². The van der Waals surface area contributed by atoms with Gasteiger partial charge in [-0.2, -0.15) is 0 Å². The summed E-state index contributed by atoms with van der Waals surface area (Å²) >= 11 is 0. The van der Waals surface area contributed by atoms with Crippen LogP contribution in [0.2, 0.25) is 0 Å². The first-order chi connectivity index (χ1) is 12.6. The van der Waals surface area contributed by atoms with E-state index in [1.807, 2.05) is 16.7 Å². The van der Waals surface area contributed by atoms with Gasteiger partial charge in [0, 0.05) is 49.8 Å². The van der Waals surface area contributed by atoms with Crippen LogP contribution in [0.5, 0.6) is 0 Å². The van der Waals surface area contributed by atoms with Gasteiger partial charge in [-0.1, -0.05) is 0 Å². The normalized spacial score (nSPS) is 21.2. The Morgan fingerprint density at radius 2 is 1.65 bits per heavy atom. The van der Waals surface area contributed by atoms with Crippen LogP contribution in [0.1, 0.15) is 70.6 Å². The van der Waals surface area contributed by atoms with Crippen LogP contribution in [0.3, 0.4) is 0 Å². The summed E-state index contributed by atoms with van der Waals surface area (Å²) in [6.45, 7) is 4.87. The molecular formula is C20H27N3O3. The molecule has 2 aliphatic heterocycles. The number of nitrogens with one attached hydrogen (secondary N) is 1. The van der Waals surface area contributed by atoms with Crippen molar-refractivity contribution < 1.29 is 14.4 Å². The second kappa shape index (κ2) is 6.89. The molecule has 0 saturated carbocycles. The zero-order chi connectivity index (χ0) is 18.3. The molecule has 0 spiro atoms. The van der Waals surface area contributed by atoms with Crippen LogP contribution in [-0.2, 0) is 11.2 Å². The van der Waals surface area contributed by atoms with Crippen LogP contribution in [0.4, 0.5) is 0 Å². The minimum absolute atomic E-state index is 0.0308. The Balaban J connectivity index is 1.43. The maximum absolute atomic E-state index is 13.0. The van der Waals surface area contributed by atoms with E-state index in [2.05, 4.69) is 4.98 Å². The molecule has 140 valence electrons. The van der Waals surface area contributed by atoms with Crippen molar-refractivity contribution in [1.82, 2.24) is 14.8 Å². The summed E-state index contributed by atoms with van der Waals surface area (Å²) in [7, 11) is 0. The first kappa shape index (κ1) is 17.3. The van der Waals surface area contributed by atoms with E-state index < -0.39 is 0 Å². The van der Waals surface area contributed by atoms with Crippen molar-refractivity contribution in [3.8, 4) is 0 Å². The fourth-order valence-electron chi connectivity index (χ4n) is 4.67. The second-order valence-corrected chi connectivity index (χ2v) is 7.85. The van der Waals surface area contributed by atoms with E-state index >= 15 is 0 Å². The zero-order valence-electron chi connectivity index (χ0n) is 15.5. The average Bonchev–Trinajstić information content (AvgIpc) is 3.30. The molecule has 1 aliphatic carbocycles. The third-order valence-corrected chi connectivity index (χ3v) is 6.20. The van der Waals surface area contributed by atoms with Crippen molar-refractivity contribution in [1.29, 1.82) is 0 Å². The highest BCUT2D eigenvalue weighted by Crippen LogP contribution is 2.28. The number of hydrogen-bond acceptors (Lipinski definition) is 3. The van der Waals surface area contributed by atoms with E-state index in [1.54, 1.807) is 0 Å². The lowest BCUT2D eigenvalue weighted by molar-refractivity contribution is -0.135. The predicted octanol–water partition coefficient (Wildman–Crippen LogP) is 2.32. The van der Waals surface area contributed by atoms with Gasteiger partial charge in [0.25, 0.3) is 5.91 Å². The van der Waals surface area contributed by atoms with Crippen LogP contribution in [0.25, 0.3) is 0 Å². The van der Waals surface area contributed by atoms with E-state index in [1.165, 1.54) is 0 Å². The summed E-state index contributed by atoms with van der Waals surface area (Å²) in [5, 5.41) is 0. The minimum Gasteiger partial charge on any atom is -0.354 e. The number of carbonyl (C=O) groups is 3. The van der Waals surface area contributed by atoms with Crippen molar-refractivity contribution >= 4 is 17.6 Å². The number of amides is 2. The molecule has 6 heteroatoms. The lowest BCUT2D eigenvalue weighted by Gasteiger charge is -2.33. The van der Waals surface area contributed by atoms with E-state index in [0.29, 0.717) is 25.2 Å². The van der Waals surface area contributed by atoms with Crippen molar-refractivity contribution in [3.05, 3.63) is 22.5 Å². The number of piperidine rings is 1. The fourth-order valence-corrected chi connectivity index (χ4v) is 4.67. The third-order valence-electron chi connectivity index (χ3n) is 6.20. The molecule has 4 rings (SSSR count). The number of H-pyrrole nitrogens is 1. The molecule has 1 N–H and O–H groups in total. The van der Waals surface area contributed by atoms with Crippen LogP contribution < -0.4 is 0 Å². The number of Topliss-reactive ketones (excluding diaryl/α,β-unsaturated/α-hetero) is 1. The highest BCUT2D eigenvalue weighted by molar-refractivity contribution is 6.04. The minimum atomic E-state index is -0.0308. The van der Waals surface area contributed by atoms with Gasteiger partial charge in [-0.25, -0.2) is 0 Å². The van der Waals surface area contributed by atoms with Gasteiger partial charge in [0.2, 0.25) is 5.91 Å². The van der Waals surface area contributed by atoms with Gasteiger partial charge in [-0.05, 0) is 51.0 Å². The number of likely N-dealkylation sites (tertiary alicyclic amines) is 2. The van der Waals surface area contributed by atoms with Crippen molar-refractivity contribution in [2.24, 2.45) is 5.92 Å². The predicted molar refractivity (Wildman–Crippen MR) is 97.2 cm³/mol. The van der Waals surface area contributed by atoms with Gasteiger partial charge in [0.05, 0.1) is 0 Å². The van der Waals surface area contributed by atoms with Crippen LogP contribution >= 0.6 is 0 Å². The lowest BCUT2D eigenvalue weighted by atomic mass is 9.93. The molecule has 2 saturated heterocycles. The number of hydrogen-bond donors (Lipinski definition) is 1. The van der Waals surface area contributed by atoms with Gasteiger partial charge in [-0.3, -0.25) is 14.4 Å². The summed E-state index contributed by atoms with van der Waals surface area (Å²) < 4.78 is 0. The van der Waals surface area contributed by atoms with Crippen molar-refractivity contribution in [2.45, 2.75) is 51.9 Å². The van der Waals surface area contributed by atoms with Gasteiger partial charge >= 0.3 is 0 Å². The Labute approximate surface area is 153 Å². The molecule has 0 unspecified atom stereocenters. The number of fused-ring (bicyclic) bond motifs is 1. The highest BCUT2D eigenvalue weighted by atomic mass is 16.2. The summed E-state index contributed by atoms with van der Waals surface area (Å²) in [6.07, 6.45) is 5.95. The Bertz CT molecular complexity index is 738. The first-order valence-corrected chi connectivity index (χ1v) is 9.89. The largest absolute Gasteiger partial charge is 0.354 e. The Morgan fingerprint density at radius 1 is 0.962 bits per heavy atom. The molecule has 0 radical (unpaired) electrons. The number of aromatic amines is 1. The second-order valence-electron chi connectivity index (χ2n) is 7.85. The summed E-state index contributed by atoms with van der Waals surface area (Å²) in [5.74, 6) is 0.439. The maximum Gasteiger partial charge on any atom is 0.270 e. The molecule has 2 fully saturated rings. The molecule has 2 amide bonds. The average molecular weight is 357 g/mol. The molecule has 3 heterocycles. The number of aryl methyl sites for hydroxylation is 1. The van der Waals surface area contributed by atoms with Crippen LogP contribution in [-0.4, -0.2) is 58.6 Å². The van der Waals surface area contributed by atoms with Gasteiger partial charge in [-0.15, -0.1) is 0 Å². The summed E-state index contributed by atoms with van der Waals surface area (Å²) in [6, 6.07) is 0. The molecular weight excluding hydrogens is 330 g/mol. The number of nitrogens with zero attached hydrogens (tertiary/aromatic N) is 2. The standard InChI is InChI=1S/C20H27N3O3/c1-13-17-15(5-4-6-16(17)24)21-18(13)20(26)23-11-7-14(8-12-23)19(25)22-9-2-3-10-22/h14,21H,2-12H2,1H3. The smallest absolute Gasteiger partial charge is 0.270 e. The number of ketones is 1. The maximum atomic E-state index is 13.0. The topological polar surface area (TPSA) is 73.5 Å². The molecule has 0 bridgehead atoms. The van der Waals surface area contributed by atoms with Gasteiger partial charge in [0.1, 0.15) is 5.69 Å². The number of aromatic nitrogens is 1. The molecule has 6 nitrogen and oxygen atoms in total. The molecule has 3 aliphatic rings. The Hall–Kier alpha value is -2.11. The van der Waals surface area contributed by atoms with Crippen LogP contribution in [0, 0.1) is 12.8 Å². The molecule has 1 aromatic heterocycles. The van der Waals surface area contributed by atoms with E-state index in [0.717, 1.165) is 68.4 Å². The Morgan fingerprint density at radius 3 is 2.31 bits per heavy atom. The van der Waals surface area contributed by atoms with E-state index in [-0.39, 0.29) is 23.5 Å². The van der Waals surface area contributed by atoms with Crippen LogP contribution in [0.15, 0.2) is 0 Å². The van der Waals surface area contributed by atoms with Crippen molar-refractivity contribution in [3.63, 3.8) is 0 Å². The fraction of sp³-hybridized carbons (Fsp3) is 0.650. The summed E-state index contributed by atoms with van der Waals surface area (Å²) in [4.78, 5) is 44.7. The highest BCUT2D eigenvalue weighted by Gasteiger charge is 2.33. The quantitative estimate of drug-likeness (QED) is 0.883. The zero-order valence-corrected chi connectivity index (χ0v) is 15.5. The molecule has 1 aromatic rings. The van der Waals surface area contributed by atoms with Gasteiger partial charge in [0.15, 0.2) is 5.78 Å². The number of carbonyl (C=O) groups excluding carboxylic acids is 3. The van der Waals surface area contributed by atoms with Crippen molar-refractivity contribution in [2.75, 3.05) is 26.2 Å². The SMILES string of the molecule is Cc1c(C(=O)N2CCC(C(=O)N3CCCC3)CC2)[nH]c2c1C(=O)CCC2. The monoisotopic (exact) mass is 357 g/mol. The molecule has 0 atom stereocenters. The third kappa shape index (κ3) is 2.95. The molecule has 0 aromatic carbocycles. The molecule has 26 heavy (non-hydrogen) atoms. The van der Waals surface area contributed by atoms with E-state index in [9.17, 15) is 14.4 Å². The Kier molecular flexibility index (Phi) is 4.59.